The predicted octanol–water partition coefficient (Wildman–Crippen LogP) is 4.78. The zero-order chi connectivity index (χ0) is 25.2. The summed E-state index contributed by atoms with van der Waals surface area (Å²) in [4.78, 5) is 41.6. The van der Waals surface area contributed by atoms with Gasteiger partial charge in [-0.2, -0.15) is 0 Å². The Hall–Kier alpha value is -4.20. The van der Waals surface area contributed by atoms with E-state index in [1.54, 1.807) is 11.8 Å². The molecule has 4 amide bonds. The Kier molecular flexibility index (Phi) is 6.55. The molecule has 1 aliphatic heterocycles. The van der Waals surface area contributed by atoms with Crippen molar-refractivity contribution < 1.29 is 18.8 Å². The van der Waals surface area contributed by atoms with Crippen molar-refractivity contribution in [2.24, 2.45) is 0 Å². The number of amides is 4. The normalized spacial score (nSPS) is 17.5. The van der Waals surface area contributed by atoms with Crippen LogP contribution < -0.4 is 15.5 Å². The van der Waals surface area contributed by atoms with Gasteiger partial charge in [-0.25, -0.2) is 9.18 Å². The van der Waals surface area contributed by atoms with Crippen LogP contribution in [0.4, 0.5) is 26.2 Å². The fourth-order valence-corrected chi connectivity index (χ4v) is 4.15. The second-order valence-electron chi connectivity index (χ2n) is 8.85. The molecule has 2 N–H and O–H groups in total. The topological polar surface area (TPSA) is 81.8 Å². The molecule has 1 atom stereocenters. The molecule has 1 aliphatic rings. The van der Waals surface area contributed by atoms with E-state index >= 15 is 0 Å². The van der Waals surface area contributed by atoms with Gasteiger partial charge in [0.15, 0.2) is 0 Å². The molecule has 0 radical (unpaired) electrons. The fraction of sp³-hybridized carbons (Fsp3) is 0.222. The van der Waals surface area contributed by atoms with Gasteiger partial charge >= 0.3 is 6.03 Å². The Balaban J connectivity index is 1.50. The minimum absolute atomic E-state index is 0.209. The molecule has 3 aromatic carbocycles. The molecule has 1 fully saturated rings. The third-order valence-corrected chi connectivity index (χ3v) is 5.98. The van der Waals surface area contributed by atoms with Gasteiger partial charge in [0.25, 0.3) is 5.91 Å². The van der Waals surface area contributed by atoms with Crippen LogP contribution in [0.1, 0.15) is 26.3 Å². The number of benzene rings is 3. The van der Waals surface area contributed by atoms with Crippen LogP contribution in [0.2, 0.25) is 0 Å². The van der Waals surface area contributed by atoms with Gasteiger partial charge in [0, 0.05) is 23.1 Å². The largest absolute Gasteiger partial charge is 0.356 e. The highest BCUT2D eigenvalue weighted by Crippen LogP contribution is 2.30. The molecule has 1 unspecified atom stereocenters. The highest BCUT2D eigenvalue weighted by molar-refractivity contribution is 6.10. The van der Waals surface area contributed by atoms with E-state index in [1.165, 1.54) is 24.3 Å². The monoisotopic (exact) mass is 474 g/mol. The van der Waals surface area contributed by atoms with Crippen molar-refractivity contribution in [3.8, 4) is 0 Å². The zero-order valence-electron chi connectivity index (χ0n) is 19.8. The number of halogens is 1. The van der Waals surface area contributed by atoms with Crippen LogP contribution in [0, 0.1) is 5.82 Å². The lowest BCUT2D eigenvalue weighted by molar-refractivity contribution is -0.134. The van der Waals surface area contributed by atoms with Gasteiger partial charge in [-0.05, 0) is 74.9 Å². The summed E-state index contributed by atoms with van der Waals surface area (Å²) in [6.07, 6.45) is 0. The van der Waals surface area contributed by atoms with Gasteiger partial charge in [0.05, 0.1) is 0 Å². The summed E-state index contributed by atoms with van der Waals surface area (Å²) >= 11 is 0. The Morgan fingerprint density at radius 2 is 1.57 bits per heavy atom. The van der Waals surface area contributed by atoms with Gasteiger partial charge in [0.2, 0.25) is 5.91 Å². The zero-order valence-corrected chi connectivity index (χ0v) is 19.8. The van der Waals surface area contributed by atoms with Gasteiger partial charge in [-0.1, -0.05) is 30.3 Å². The van der Waals surface area contributed by atoms with Crippen molar-refractivity contribution in [3.63, 3.8) is 0 Å². The predicted molar refractivity (Wildman–Crippen MR) is 133 cm³/mol. The maximum absolute atomic E-state index is 13.3. The van der Waals surface area contributed by atoms with E-state index in [1.807, 2.05) is 68.4 Å². The van der Waals surface area contributed by atoms with E-state index in [-0.39, 0.29) is 6.04 Å². The quantitative estimate of drug-likeness (QED) is 0.483. The number of nitrogens with one attached hydrogen (secondary N) is 2. The second-order valence-corrected chi connectivity index (χ2v) is 8.85. The van der Waals surface area contributed by atoms with Crippen LogP contribution in [0.25, 0.3) is 0 Å². The van der Waals surface area contributed by atoms with Crippen LogP contribution in [0.15, 0.2) is 78.9 Å². The van der Waals surface area contributed by atoms with Gasteiger partial charge in [0.1, 0.15) is 17.9 Å². The molecule has 0 aliphatic carbocycles. The summed E-state index contributed by atoms with van der Waals surface area (Å²) < 4.78 is 13.3. The third-order valence-electron chi connectivity index (χ3n) is 5.98. The number of nitrogens with zero attached hydrogens (tertiary/aromatic N) is 2. The number of rotatable bonds is 7. The maximum Gasteiger partial charge on any atom is 0.325 e. The lowest BCUT2D eigenvalue weighted by atomic mass is 9.92. The summed E-state index contributed by atoms with van der Waals surface area (Å²) in [7, 11) is 0. The highest BCUT2D eigenvalue weighted by Gasteiger charge is 2.49. The van der Waals surface area contributed by atoms with Crippen molar-refractivity contribution in [2.45, 2.75) is 32.4 Å². The van der Waals surface area contributed by atoms with E-state index in [2.05, 4.69) is 10.6 Å². The van der Waals surface area contributed by atoms with Crippen molar-refractivity contribution in [2.75, 3.05) is 16.8 Å². The SMILES string of the molecule is CC(C)N(C(=O)CN1C(=O)NC(C)(c2ccc(F)cc2)C1=O)c1ccc(Nc2ccccc2)cc1. The van der Waals surface area contributed by atoms with E-state index in [0.29, 0.717) is 11.3 Å². The standard InChI is InChI=1S/C27H27FN4O3/c1-18(2)32(23-15-13-22(14-16-23)29-21-7-5-4-6-8-21)24(33)17-31-25(34)27(3,30-26(31)35)19-9-11-20(28)12-10-19/h4-16,18,29H,17H2,1-3H3,(H,30,35). The number of urea groups is 1. The van der Waals surface area contributed by atoms with Crippen molar-refractivity contribution in [1.29, 1.82) is 0 Å². The van der Waals surface area contributed by atoms with E-state index < -0.39 is 35.7 Å². The number of carbonyl (C=O) groups excluding carboxylic acids is 3. The molecule has 35 heavy (non-hydrogen) atoms. The van der Waals surface area contributed by atoms with Crippen LogP contribution in [0.3, 0.4) is 0 Å². The molecule has 0 aromatic heterocycles. The Bertz CT molecular complexity index is 1230. The summed E-state index contributed by atoms with van der Waals surface area (Å²) in [6, 6.07) is 21.6. The molecule has 8 heteroatoms. The molecule has 1 heterocycles. The Labute approximate surface area is 203 Å². The first kappa shape index (κ1) is 23.9. The van der Waals surface area contributed by atoms with Crippen LogP contribution in [-0.2, 0) is 15.1 Å². The molecule has 1 saturated heterocycles. The van der Waals surface area contributed by atoms with Crippen LogP contribution in [0.5, 0.6) is 0 Å². The average Bonchev–Trinajstić information content (AvgIpc) is 3.05. The lowest BCUT2D eigenvalue weighted by Crippen LogP contribution is -2.46. The Morgan fingerprint density at radius 1 is 0.971 bits per heavy atom. The molecule has 180 valence electrons. The molecule has 4 rings (SSSR count). The van der Waals surface area contributed by atoms with Crippen molar-refractivity contribution in [1.82, 2.24) is 10.2 Å². The average molecular weight is 475 g/mol. The van der Waals surface area contributed by atoms with Gasteiger partial charge in [-0.15, -0.1) is 0 Å². The first-order valence-electron chi connectivity index (χ1n) is 11.3. The third kappa shape index (κ3) is 4.87. The number of imide groups is 1. The van der Waals surface area contributed by atoms with Gasteiger partial charge < -0.3 is 15.5 Å². The van der Waals surface area contributed by atoms with E-state index in [4.69, 9.17) is 0 Å². The molecular weight excluding hydrogens is 447 g/mol. The fourth-order valence-electron chi connectivity index (χ4n) is 4.15. The number of anilines is 3. The van der Waals surface area contributed by atoms with Crippen molar-refractivity contribution in [3.05, 3.63) is 90.2 Å². The number of carbonyl (C=O) groups is 3. The molecule has 0 saturated carbocycles. The smallest absolute Gasteiger partial charge is 0.325 e. The minimum Gasteiger partial charge on any atom is -0.356 e. The van der Waals surface area contributed by atoms with Crippen LogP contribution in [-0.4, -0.2) is 35.3 Å². The molecule has 7 nitrogen and oxygen atoms in total. The van der Waals surface area contributed by atoms with Gasteiger partial charge in [-0.3, -0.25) is 14.5 Å². The molecular formula is C27H27FN4O3. The number of hydrogen-bond donors (Lipinski definition) is 2. The lowest BCUT2D eigenvalue weighted by Gasteiger charge is -2.29. The summed E-state index contributed by atoms with van der Waals surface area (Å²) in [6.45, 7) is 4.86. The second kappa shape index (κ2) is 9.58. The summed E-state index contributed by atoms with van der Waals surface area (Å²) in [5.74, 6) is -1.40. The number of hydrogen-bond acceptors (Lipinski definition) is 4. The number of para-hydroxylation sites is 1. The van der Waals surface area contributed by atoms with Crippen LogP contribution >= 0.6 is 0 Å². The Morgan fingerprint density at radius 3 is 2.17 bits per heavy atom. The summed E-state index contributed by atoms with van der Waals surface area (Å²) in [5.41, 5.74) is 1.52. The molecule has 0 spiro atoms. The highest BCUT2D eigenvalue weighted by atomic mass is 19.1. The van der Waals surface area contributed by atoms with Crippen molar-refractivity contribution >= 4 is 34.9 Å². The summed E-state index contributed by atoms with van der Waals surface area (Å²) in [5, 5.41) is 5.94. The van der Waals surface area contributed by atoms with E-state index in [9.17, 15) is 18.8 Å². The first-order valence-corrected chi connectivity index (χ1v) is 11.3. The first-order chi connectivity index (χ1) is 16.7. The molecule has 0 bridgehead atoms. The molecule has 3 aromatic rings. The maximum atomic E-state index is 13.3. The van der Waals surface area contributed by atoms with E-state index in [0.717, 1.165) is 16.3 Å². The minimum atomic E-state index is -1.38.